The van der Waals surface area contributed by atoms with Gasteiger partial charge in [0.25, 0.3) is 0 Å². The van der Waals surface area contributed by atoms with E-state index >= 15 is 0 Å². The van der Waals surface area contributed by atoms with E-state index in [4.69, 9.17) is 18.9 Å². The predicted molar refractivity (Wildman–Crippen MR) is 113 cm³/mol. The summed E-state index contributed by atoms with van der Waals surface area (Å²) in [6.45, 7) is 3.61. The smallest absolute Gasteiger partial charge is 0.303 e. The van der Waals surface area contributed by atoms with Gasteiger partial charge in [-0.1, -0.05) is 19.3 Å². The van der Waals surface area contributed by atoms with Gasteiger partial charge in [0, 0.05) is 26.7 Å². The quantitative estimate of drug-likeness (QED) is 0.467. The number of aromatic nitrogens is 4. The molecule has 1 saturated heterocycles. The standard InChI is InChI=1S/C22H28N4O7/c1-12(27)30-9-16-19(31-13(2)28)20(32-14(3)29)22(33-16)26-11-25-18-17(23-10-24-21(18)26)15-7-5-4-6-8-15/h10-11,15-16,19-20,22H,4-9H2,1-3H3/t16-,19+,20+,22?/m0/s1. The second-order valence-electron chi connectivity index (χ2n) is 8.43. The van der Waals surface area contributed by atoms with Gasteiger partial charge in [-0.05, 0) is 12.8 Å². The number of carbonyl (C=O) groups is 3. The van der Waals surface area contributed by atoms with Crippen molar-refractivity contribution in [3.63, 3.8) is 0 Å². The van der Waals surface area contributed by atoms with E-state index < -0.39 is 42.4 Å². The molecule has 33 heavy (non-hydrogen) atoms. The summed E-state index contributed by atoms with van der Waals surface area (Å²) in [6.07, 6.45) is 4.99. The zero-order valence-electron chi connectivity index (χ0n) is 18.9. The highest BCUT2D eigenvalue weighted by atomic mass is 16.7. The molecule has 2 aromatic heterocycles. The lowest BCUT2D eigenvalue weighted by Gasteiger charge is -2.24. The van der Waals surface area contributed by atoms with Crippen LogP contribution in [0, 0.1) is 0 Å². The second-order valence-corrected chi connectivity index (χ2v) is 8.43. The Morgan fingerprint density at radius 3 is 2.33 bits per heavy atom. The van der Waals surface area contributed by atoms with Gasteiger partial charge in [0.05, 0.1) is 12.0 Å². The fourth-order valence-electron chi connectivity index (χ4n) is 4.65. The Bertz CT molecular complexity index is 1030. The van der Waals surface area contributed by atoms with Crippen molar-refractivity contribution in [2.45, 2.75) is 83.3 Å². The molecule has 2 aliphatic rings. The zero-order chi connectivity index (χ0) is 23.5. The summed E-state index contributed by atoms with van der Waals surface area (Å²) >= 11 is 0. The lowest BCUT2D eigenvalue weighted by atomic mass is 9.86. The monoisotopic (exact) mass is 460 g/mol. The molecule has 11 heteroatoms. The number of rotatable bonds is 6. The average Bonchev–Trinajstić information content (AvgIpc) is 3.34. The summed E-state index contributed by atoms with van der Waals surface area (Å²) in [5.74, 6) is -1.34. The predicted octanol–water partition coefficient (Wildman–Crippen LogP) is 2.20. The van der Waals surface area contributed by atoms with Gasteiger partial charge < -0.3 is 18.9 Å². The molecule has 0 aromatic carbocycles. The minimum Gasteiger partial charge on any atom is -0.463 e. The first kappa shape index (κ1) is 23.1. The van der Waals surface area contributed by atoms with Gasteiger partial charge in [0.15, 0.2) is 24.1 Å². The minimum absolute atomic E-state index is 0.170. The summed E-state index contributed by atoms with van der Waals surface area (Å²) in [4.78, 5) is 48.5. The molecule has 4 atom stereocenters. The number of fused-ring (bicyclic) bond motifs is 1. The van der Waals surface area contributed by atoms with Crippen molar-refractivity contribution in [2.75, 3.05) is 6.61 Å². The van der Waals surface area contributed by atoms with Crippen LogP contribution in [0.1, 0.15) is 70.7 Å². The third-order valence-electron chi connectivity index (χ3n) is 5.99. The first-order chi connectivity index (χ1) is 15.8. The van der Waals surface area contributed by atoms with Gasteiger partial charge in [0.1, 0.15) is 24.6 Å². The molecule has 4 rings (SSSR count). The molecule has 3 heterocycles. The molecule has 0 N–H and O–H groups in total. The van der Waals surface area contributed by atoms with Crippen LogP contribution in [0.5, 0.6) is 0 Å². The maximum absolute atomic E-state index is 11.9. The summed E-state index contributed by atoms with van der Waals surface area (Å²) in [6, 6.07) is 0. The molecule has 0 radical (unpaired) electrons. The number of nitrogens with zero attached hydrogens (tertiary/aromatic N) is 4. The van der Waals surface area contributed by atoms with Crippen LogP contribution < -0.4 is 0 Å². The number of ether oxygens (including phenoxy) is 4. The van der Waals surface area contributed by atoms with E-state index in [0.717, 1.165) is 31.4 Å². The van der Waals surface area contributed by atoms with E-state index in [1.54, 1.807) is 10.9 Å². The second kappa shape index (κ2) is 9.82. The molecule has 1 saturated carbocycles. The number of hydrogen-bond acceptors (Lipinski definition) is 10. The van der Waals surface area contributed by atoms with Crippen molar-refractivity contribution in [3.8, 4) is 0 Å². The van der Waals surface area contributed by atoms with Crippen LogP contribution in [0.3, 0.4) is 0 Å². The topological polar surface area (TPSA) is 132 Å². The van der Waals surface area contributed by atoms with E-state index in [9.17, 15) is 14.4 Å². The molecule has 0 spiro atoms. The Labute approximate surface area is 190 Å². The third kappa shape index (κ3) is 4.97. The normalized spacial score (nSPS) is 25.7. The largest absolute Gasteiger partial charge is 0.463 e. The molecular formula is C22H28N4O7. The maximum atomic E-state index is 11.9. The fourth-order valence-corrected chi connectivity index (χ4v) is 4.65. The first-order valence-corrected chi connectivity index (χ1v) is 11.2. The average molecular weight is 460 g/mol. The summed E-state index contributed by atoms with van der Waals surface area (Å²) in [7, 11) is 0. The van der Waals surface area contributed by atoms with Gasteiger partial charge in [-0.25, -0.2) is 15.0 Å². The number of hydrogen-bond donors (Lipinski definition) is 0. The van der Waals surface area contributed by atoms with Crippen LogP contribution in [0.2, 0.25) is 0 Å². The van der Waals surface area contributed by atoms with Crippen LogP contribution in [0.4, 0.5) is 0 Å². The van der Waals surface area contributed by atoms with E-state index in [1.165, 1.54) is 33.5 Å². The maximum Gasteiger partial charge on any atom is 0.303 e. The highest BCUT2D eigenvalue weighted by Gasteiger charge is 2.51. The SMILES string of the molecule is CC(=O)OC[C@@H]1OC(n2cnc3c(C4CCCCC4)ncnc32)[C@H](OC(C)=O)[C@@H]1OC(C)=O. The van der Waals surface area contributed by atoms with Crippen LogP contribution in [0.25, 0.3) is 11.2 Å². The molecular weight excluding hydrogens is 432 g/mol. The fraction of sp³-hybridized carbons (Fsp3) is 0.636. The Kier molecular flexibility index (Phi) is 6.87. The van der Waals surface area contributed by atoms with Gasteiger partial charge in [-0.15, -0.1) is 0 Å². The van der Waals surface area contributed by atoms with E-state index in [1.807, 2.05) is 0 Å². The van der Waals surface area contributed by atoms with Crippen molar-refractivity contribution >= 4 is 29.1 Å². The van der Waals surface area contributed by atoms with E-state index in [0.29, 0.717) is 17.1 Å². The van der Waals surface area contributed by atoms with Crippen LogP contribution in [-0.4, -0.2) is 62.3 Å². The molecule has 0 bridgehead atoms. The summed E-state index contributed by atoms with van der Waals surface area (Å²) < 4.78 is 23.8. The van der Waals surface area contributed by atoms with Gasteiger partial charge in [0.2, 0.25) is 0 Å². The molecule has 0 amide bonds. The van der Waals surface area contributed by atoms with Crippen LogP contribution in [-0.2, 0) is 33.3 Å². The molecule has 11 nitrogen and oxygen atoms in total. The number of esters is 3. The Morgan fingerprint density at radius 1 is 0.970 bits per heavy atom. The molecule has 1 aliphatic carbocycles. The minimum atomic E-state index is -0.988. The van der Waals surface area contributed by atoms with Crippen molar-refractivity contribution in [1.29, 1.82) is 0 Å². The van der Waals surface area contributed by atoms with Gasteiger partial charge in [-0.2, -0.15) is 0 Å². The van der Waals surface area contributed by atoms with Crippen molar-refractivity contribution in [2.24, 2.45) is 0 Å². The zero-order valence-corrected chi connectivity index (χ0v) is 18.9. The van der Waals surface area contributed by atoms with E-state index in [-0.39, 0.29) is 6.61 Å². The summed E-state index contributed by atoms with van der Waals surface area (Å²) in [5.41, 5.74) is 2.10. The molecule has 2 fully saturated rings. The first-order valence-electron chi connectivity index (χ1n) is 11.2. The Hall–Kier alpha value is -3.08. The van der Waals surface area contributed by atoms with Crippen LogP contribution >= 0.6 is 0 Å². The lowest BCUT2D eigenvalue weighted by Crippen LogP contribution is -2.40. The van der Waals surface area contributed by atoms with E-state index in [2.05, 4.69) is 15.0 Å². The van der Waals surface area contributed by atoms with Gasteiger partial charge in [-0.3, -0.25) is 19.0 Å². The van der Waals surface area contributed by atoms with Crippen LogP contribution in [0.15, 0.2) is 12.7 Å². The highest BCUT2D eigenvalue weighted by Crippen LogP contribution is 2.38. The van der Waals surface area contributed by atoms with Crippen molar-refractivity contribution in [1.82, 2.24) is 19.5 Å². The molecule has 178 valence electrons. The van der Waals surface area contributed by atoms with Crippen molar-refractivity contribution < 1.29 is 33.3 Å². The van der Waals surface area contributed by atoms with Crippen molar-refractivity contribution in [3.05, 3.63) is 18.3 Å². The third-order valence-corrected chi connectivity index (χ3v) is 5.99. The highest BCUT2D eigenvalue weighted by molar-refractivity contribution is 5.74. The summed E-state index contributed by atoms with van der Waals surface area (Å²) in [5, 5.41) is 0. The van der Waals surface area contributed by atoms with Gasteiger partial charge >= 0.3 is 17.9 Å². The Morgan fingerprint density at radius 2 is 1.67 bits per heavy atom. The lowest BCUT2D eigenvalue weighted by molar-refractivity contribution is -0.166. The number of imidazole rings is 1. The molecule has 2 aromatic rings. The molecule has 1 aliphatic heterocycles. The Balaban J connectivity index is 1.71. The number of carbonyl (C=O) groups excluding carboxylic acids is 3. The molecule has 1 unspecified atom stereocenters.